The van der Waals surface area contributed by atoms with Crippen LogP contribution in [0.4, 0.5) is 17.5 Å². The number of thioether (sulfide) groups is 1. The van der Waals surface area contributed by atoms with Gasteiger partial charge in [-0.25, -0.2) is 9.97 Å². The number of nitrogens with two attached hydrogens (primary N) is 2. The Labute approximate surface area is 119 Å². The van der Waals surface area contributed by atoms with Crippen molar-refractivity contribution in [3.63, 3.8) is 0 Å². The fourth-order valence-electron chi connectivity index (χ4n) is 1.37. The molecule has 9 heteroatoms. The molecular formula is C11H14N6O2S. The smallest absolute Gasteiger partial charge is 0.240 e. The van der Waals surface area contributed by atoms with E-state index in [1.54, 1.807) is 19.9 Å². The summed E-state index contributed by atoms with van der Waals surface area (Å²) in [5, 5.41) is 6.19. The first-order valence-electron chi connectivity index (χ1n) is 5.75. The molecule has 0 aliphatic heterocycles. The van der Waals surface area contributed by atoms with Gasteiger partial charge in [0, 0.05) is 12.1 Å². The number of carbonyl (C=O) groups excluding carboxylic acids is 1. The van der Waals surface area contributed by atoms with Crippen molar-refractivity contribution in [1.82, 2.24) is 15.1 Å². The lowest BCUT2D eigenvalue weighted by Gasteiger charge is -2.09. The van der Waals surface area contributed by atoms with Crippen LogP contribution in [0.25, 0.3) is 0 Å². The fourth-order valence-corrected chi connectivity index (χ4v) is 2.17. The maximum Gasteiger partial charge on any atom is 0.240 e. The predicted octanol–water partition coefficient (Wildman–Crippen LogP) is 1.06. The normalized spacial score (nSPS) is 12.1. The topological polar surface area (TPSA) is 133 Å². The number of hydrogen-bond donors (Lipinski definition) is 3. The van der Waals surface area contributed by atoms with E-state index in [0.717, 1.165) is 11.8 Å². The number of carbonyl (C=O) groups is 1. The van der Waals surface area contributed by atoms with Gasteiger partial charge in [0.2, 0.25) is 11.8 Å². The Balaban J connectivity index is 2.00. The van der Waals surface area contributed by atoms with E-state index in [1.165, 1.54) is 6.07 Å². The van der Waals surface area contributed by atoms with E-state index in [4.69, 9.17) is 16.0 Å². The number of aryl methyl sites for hydroxylation is 1. The van der Waals surface area contributed by atoms with E-state index in [-0.39, 0.29) is 17.5 Å². The van der Waals surface area contributed by atoms with E-state index in [9.17, 15) is 4.79 Å². The molecule has 0 saturated heterocycles. The van der Waals surface area contributed by atoms with Crippen LogP contribution in [0.1, 0.15) is 12.6 Å². The summed E-state index contributed by atoms with van der Waals surface area (Å²) in [4.78, 5) is 20.0. The minimum absolute atomic E-state index is 0.254. The summed E-state index contributed by atoms with van der Waals surface area (Å²) in [6.45, 7) is 3.48. The van der Waals surface area contributed by atoms with Crippen LogP contribution in [0.3, 0.4) is 0 Å². The number of hydrogen-bond acceptors (Lipinski definition) is 8. The molecule has 20 heavy (non-hydrogen) atoms. The summed E-state index contributed by atoms with van der Waals surface area (Å²) in [5.74, 6) is 0.570. The highest BCUT2D eigenvalue weighted by molar-refractivity contribution is 8.00. The lowest BCUT2D eigenvalue weighted by Crippen LogP contribution is -2.22. The number of aromatic nitrogens is 3. The quantitative estimate of drug-likeness (QED) is 0.563. The molecule has 0 saturated carbocycles. The number of nitrogens with one attached hydrogen (secondary N) is 1. The maximum absolute atomic E-state index is 12.0. The Bertz CT molecular complexity index is 609. The first-order chi connectivity index (χ1) is 9.44. The van der Waals surface area contributed by atoms with Crippen LogP contribution >= 0.6 is 11.8 Å². The van der Waals surface area contributed by atoms with Gasteiger partial charge in [0.05, 0.1) is 10.9 Å². The third kappa shape index (κ3) is 3.60. The van der Waals surface area contributed by atoms with Crippen molar-refractivity contribution < 1.29 is 9.32 Å². The van der Waals surface area contributed by atoms with Crippen LogP contribution < -0.4 is 16.8 Å². The molecule has 8 nitrogen and oxygen atoms in total. The Morgan fingerprint density at radius 3 is 2.55 bits per heavy atom. The van der Waals surface area contributed by atoms with E-state index in [1.807, 2.05) is 0 Å². The molecule has 2 aromatic heterocycles. The number of anilines is 3. The monoisotopic (exact) mass is 294 g/mol. The summed E-state index contributed by atoms with van der Waals surface area (Å²) in [6.07, 6.45) is 0. The second-order valence-corrected chi connectivity index (χ2v) is 5.39. The van der Waals surface area contributed by atoms with Gasteiger partial charge in [0.15, 0.2) is 5.16 Å². The lowest BCUT2D eigenvalue weighted by atomic mass is 10.4. The van der Waals surface area contributed by atoms with Crippen LogP contribution in [0.2, 0.25) is 0 Å². The van der Waals surface area contributed by atoms with Crippen LogP contribution in [0, 0.1) is 6.92 Å². The molecule has 2 heterocycles. The molecule has 2 aromatic rings. The fraction of sp³-hybridized carbons (Fsp3) is 0.273. The van der Waals surface area contributed by atoms with Crippen molar-refractivity contribution in [3.8, 4) is 0 Å². The van der Waals surface area contributed by atoms with E-state index >= 15 is 0 Å². The third-order valence-electron chi connectivity index (χ3n) is 2.27. The zero-order valence-electron chi connectivity index (χ0n) is 11.0. The van der Waals surface area contributed by atoms with Crippen LogP contribution in [0.15, 0.2) is 21.8 Å². The zero-order chi connectivity index (χ0) is 14.7. The summed E-state index contributed by atoms with van der Waals surface area (Å²) >= 11 is 1.15. The second kappa shape index (κ2) is 5.78. The molecule has 0 aromatic carbocycles. The van der Waals surface area contributed by atoms with Crippen molar-refractivity contribution in [2.75, 3.05) is 16.8 Å². The van der Waals surface area contributed by atoms with Crippen LogP contribution in [-0.4, -0.2) is 26.3 Å². The van der Waals surface area contributed by atoms with Gasteiger partial charge in [-0.2, -0.15) is 0 Å². The van der Waals surface area contributed by atoms with Crippen molar-refractivity contribution in [2.45, 2.75) is 24.3 Å². The van der Waals surface area contributed by atoms with Gasteiger partial charge >= 0.3 is 0 Å². The predicted molar refractivity (Wildman–Crippen MR) is 76.0 cm³/mol. The van der Waals surface area contributed by atoms with Crippen molar-refractivity contribution in [1.29, 1.82) is 0 Å². The number of amides is 1. The first-order valence-corrected chi connectivity index (χ1v) is 6.63. The Kier molecular flexibility index (Phi) is 4.08. The average molecular weight is 294 g/mol. The van der Waals surface area contributed by atoms with Gasteiger partial charge < -0.3 is 16.0 Å². The van der Waals surface area contributed by atoms with Gasteiger partial charge in [-0.15, -0.1) is 0 Å². The standard InChI is InChI=1S/C11H14N6O2S/c1-5-3-9(19-17-5)16-10(18)6(2)20-11-14-7(12)4-8(13)15-11/h3-4,6H,1-2H3,(H,16,18)(H4,12,13,14,15). The van der Waals surface area contributed by atoms with Gasteiger partial charge in [-0.1, -0.05) is 16.9 Å². The summed E-state index contributed by atoms with van der Waals surface area (Å²) in [7, 11) is 0. The summed E-state index contributed by atoms with van der Waals surface area (Å²) in [6, 6.07) is 3.08. The molecule has 106 valence electrons. The molecule has 0 aliphatic rings. The largest absolute Gasteiger partial charge is 0.383 e. The highest BCUT2D eigenvalue weighted by atomic mass is 32.2. The molecule has 0 spiro atoms. The summed E-state index contributed by atoms with van der Waals surface area (Å²) in [5.41, 5.74) is 11.8. The zero-order valence-corrected chi connectivity index (χ0v) is 11.8. The SMILES string of the molecule is Cc1cc(NC(=O)C(C)Sc2nc(N)cc(N)n2)on1. The Morgan fingerprint density at radius 1 is 1.35 bits per heavy atom. The number of nitrogen functional groups attached to an aromatic ring is 2. The minimum Gasteiger partial charge on any atom is -0.383 e. The van der Waals surface area contributed by atoms with E-state index < -0.39 is 5.25 Å². The van der Waals surface area contributed by atoms with E-state index in [0.29, 0.717) is 16.7 Å². The number of nitrogens with zero attached hydrogens (tertiary/aromatic N) is 3. The van der Waals surface area contributed by atoms with Crippen LogP contribution in [-0.2, 0) is 4.79 Å². The molecule has 0 radical (unpaired) electrons. The van der Waals surface area contributed by atoms with Crippen molar-refractivity contribution >= 4 is 35.2 Å². The molecule has 2 rings (SSSR count). The highest BCUT2D eigenvalue weighted by Crippen LogP contribution is 2.22. The molecule has 0 bridgehead atoms. The third-order valence-corrected chi connectivity index (χ3v) is 3.23. The number of rotatable bonds is 4. The van der Waals surface area contributed by atoms with Gasteiger partial charge in [0.25, 0.3) is 0 Å². The summed E-state index contributed by atoms with van der Waals surface area (Å²) < 4.78 is 4.91. The Morgan fingerprint density at radius 2 is 2.00 bits per heavy atom. The van der Waals surface area contributed by atoms with Crippen LogP contribution in [0.5, 0.6) is 0 Å². The van der Waals surface area contributed by atoms with E-state index in [2.05, 4.69) is 20.4 Å². The van der Waals surface area contributed by atoms with Crippen molar-refractivity contribution in [3.05, 3.63) is 17.8 Å². The molecule has 1 atom stereocenters. The molecule has 0 fully saturated rings. The molecule has 5 N–H and O–H groups in total. The van der Waals surface area contributed by atoms with Gasteiger partial charge in [0.1, 0.15) is 11.6 Å². The Hall–Kier alpha value is -2.29. The highest BCUT2D eigenvalue weighted by Gasteiger charge is 2.18. The van der Waals surface area contributed by atoms with Gasteiger partial charge in [-0.3, -0.25) is 10.1 Å². The molecule has 1 unspecified atom stereocenters. The first kappa shape index (κ1) is 14.1. The maximum atomic E-state index is 12.0. The lowest BCUT2D eigenvalue weighted by molar-refractivity contribution is -0.115. The van der Waals surface area contributed by atoms with Crippen molar-refractivity contribution in [2.24, 2.45) is 0 Å². The molecular weight excluding hydrogens is 280 g/mol. The molecule has 0 aliphatic carbocycles. The molecule has 1 amide bonds. The second-order valence-electron chi connectivity index (χ2n) is 4.08. The van der Waals surface area contributed by atoms with Gasteiger partial charge in [-0.05, 0) is 13.8 Å². The minimum atomic E-state index is -0.443. The average Bonchev–Trinajstić information content (AvgIpc) is 2.73.